The van der Waals surface area contributed by atoms with E-state index in [1.165, 1.54) is 25.7 Å². The van der Waals surface area contributed by atoms with Gasteiger partial charge in [0, 0.05) is 0 Å². The van der Waals surface area contributed by atoms with E-state index < -0.39 is 11.7 Å². The van der Waals surface area contributed by atoms with Crippen LogP contribution in [-0.4, -0.2) is 7.11 Å². The smallest absolute Gasteiger partial charge is 0.279 e. The van der Waals surface area contributed by atoms with Crippen molar-refractivity contribution in [1.82, 2.24) is 0 Å². The van der Waals surface area contributed by atoms with E-state index in [-0.39, 0.29) is 18.1 Å². The number of alkyl halides is 3. The van der Waals surface area contributed by atoms with Crippen molar-refractivity contribution in [1.29, 1.82) is 0 Å². The number of hydrogen-bond donors (Lipinski definition) is 1. The lowest BCUT2D eigenvalue weighted by Crippen LogP contribution is -2.05. The van der Waals surface area contributed by atoms with E-state index in [4.69, 9.17) is 0 Å². The first-order chi connectivity index (χ1) is 7.45. The first kappa shape index (κ1) is 18.4. The van der Waals surface area contributed by atoms with Gasteiger partial charge < -0.3 is 0 Å². The molecule has 0 bridgehead atoms. The molecule has 0 amide bonds. The zero-order valence-corrected chi connectivity index (χ0v) is 10.8. The summed E-state index contributed by atoms with van der Waals surface area (Å²) in [7, 11) is 1.33. The lowest BCUT2D eigenvalue weighted by atomic mass is 10.2. The maximum absolute atomic E-state index is 12.1. The number of rotatable bonds is 2. The van der Waals surface area contributed by atoms with E-state index in [0.29, 0.717) is 0 Å². The fourth-order valence-corrected chi connectivity index (χ4v) is 0.877. The summed E-state index contributed by atoms with van der Waals surface area (Å²) in [5.41, 5.74) is 1.90. The molecule has 0 fully saturated rings. The van der Waals surface area contributed by atoms with Crippen LogP contribution in [0.3, 0.4) is 0 Å². The Balaban J connectivity index is 0. The van der Waals surface area contributed by atoms with Crippen LogP contribution in [0.1, 0.15) is 25.8 Å². The summed E-state index contributed by atoms with van der Waals surface area (Å²) in [6, 6.07) is 4.77. The molecule has 1 aromatic carbocycles. The second-order valence-corrected chi connectivity index (χ2v) is 3.09. The van der Waals surface area contributed by atoms with Crippen molar-refractivity contribution in [3.05, 3.63) is 29.8 Å². The van der Waals surface area contributed by atoms with Crippen LogP contribution in [0.25, 0.3) is 0 Å². The Morgan fingerprint density at radius 1 is 1.24 bits per heavy atom. The number of benzene rings is 1. The van der Waals surface area contributed by atoms with Gasteiger partial charge in [-0.1, -0.05) is 26.3 Å². The quantitative estimate of drug-likeness (QED) is 0.799. The third-order valence-electron chi connectivity index (χ3n) is 1.41. The highest BCUT2D eigenvalue weighted by atomic mass is 35.5. The fraction of sp³-hybridized carbons (Fsp3) is 0.455. The Labute approximate surface area is 106 Å². The van der Waals surface area contributed by atoms with Crippen LogP contribution in [0.15, 0.2) is 24.3 Å². The molecule has 0 spiro atoms. The molecule has 0 saturated heterocycles. The summed E-state index contributed by atoms with van der Waals surface area (Å²) in [5, 5.41) is 0. The molecule has 0 aliphatic rings. The maximum atomic E-state index is 12.1. The van der Waals surface area contributed by atoms with Crippen LogP contribution in [0, 0.1) is 0 Å². The number of hydrogen-bond acceptors (Lipinski definition) is 2. The summed E-state index contributed by atoms with van der Waals surface area (Å²) >= 11 is 0. The number of nitrogens with one attached hydrogen (secondary N) is 1. The predicted molar refractivity (Wildman–Crippen MR) is 65.3 cm³/mol. The topological polar surface area (TPSA) is 21.3 Å². The molecule has 17 heavy (non-hydrogen) atoms. The van der Waals surface area contributed by atoms with Crippen molar-refractivity contribution < 1.29 is 18.0 Å². The Kier molecular flexibility index (Phi) is 9.89. The number of halogens is 4. The lowest BCUT2D eigenvalue weighted by molar-refractivity contribution is -0.137. The van der Waals surface area contributed by atoms with Crippen LogP contribution < -0.4 is 5.48 Å². The standard InChI is InChI=1S/C8H8F3NO.C3H8.ClH/c1-13-12-7-4-2-3-6(5-7)8(9,10)11;1-3-2;/h2-5,12H,1H3;3H2,1-2H3;1H. The summed E-state index contributed by atoms with van der Waals surface area (Å²) in [6.07, 6.45) is -3.06. The van der Waals surface area contributed by atoms with Crippen molar-refractivity contribution in [2.24, 2.45) is 0 Å². The SMILES string of the molecule is CCC.CONc1cccc(C(F)(F)F)c1.Cl. The van der Waals surface area contributed by atoms with E-state index in [1.807, 2.05) is 0 Å². The third-order valence-corrected chi connectivity index (χ3v) is 1.41. The molecule has 0 aliphatic heterocycles. The van der Waals surface area contributed by atoms with Gasteiger partial charge in [-0.3, -0.25) is 10.3 Å². The van der Waals surface area contributed by atoms with Gasteiger partial charge in [0.15, 0.2) is 0 Å². The Bertz CT molecular complexity index is 305. The van der Waals surface area contributed by atoms with Crippen molar-refractivity contribution in [2.75, 3.05) is 12.6 Å². The molecule has 0 heterocycles. The van der Waals surface area contributed by atoms with Crippen molar-refractivity contribution in [2.45, 2.75) is 26.4 Å². The van der Waals surface area contributed by atoms with Gasteiger partial charge in [0.05, 0.1) is 18.4 Å². The minimum atomic E-state index is -4.31. The first-order valence-corrected chi connectivity index (χ1v) is 4.91. The van der Waals surface area contributed by atoms with Gasteiger partial charge in [-0.05, 0) is 18.2 Å². The van der Waals surface area contributed by atoms with Crippen LogP contribution in [-0.2, 0) is 11.0 Å². The Morgan fingerprint density at radius 2 is 1.76 bits per heavy atom. The van der Waals surface area contributed by atoms with E-state index in [2.05, 4.69) is 24.2 Å². The van der Waals surface area contributed by atoms with Gasteiger partial charge >= 0.3 is 6.18 Å². The van der Waals surface area contributed by atoms with Crippen LogP contribution in [0.5, 0.6) is 0 Å². The molecule has 0 saturated carbocycles. The van der Waals surface area contributed by atoms with Gasteiger partial charge in [-0.25, -0.2) is 0 Å². The predicted octanol–water partition coefficient (Wildman–Crippen LogP) is 4.52. The summed E-state index contributed by atoms with van der Waals surface area (Å²) in [6.45, 7) is 4.25. The molecular formula is C11H17ClF3NO. The minimum absolute atomic E-state index is 0. The molecule has 0 unspecified atom stereocenters. The van der Waals surface area contributed by atoms with Gasteiger partial charge in [0.25, 0.3) is 0 Å². The second kappa shape index (κ2) is 9.13. The molecule has 0 aliphatic carbocycles. The maximum Gasteiger partial charge on any atom is 0.416 e. The van der Waals surface area contributed by atoms with Gasteiger partial charge in [-0.15, -0.1) is 12.4 Å². The first-order valence-electron chi connectivity index (χ1n) is 4.91. The summed E-state index contributed by atoms with van der Waals surface area (Å²) in [4.78, 5) is 4.48. The van der Waals surface area contributed by atoms with Crippen molar-refractivity contribution in [3.63, 3.8) is 0 Å². The van der Waals surface area contributed by atoms with Crippen LogP contribution >= 0.6 is 12.4 Å². The van der Waals surface area contributed by atoms with E-state index >= 15 is 0 Å². The van der Waals surface area contributed by atoms with Gasteiger partial charge in [0.1, 0.15) is 0 Å². The van der Waals surface area contributed by atoms with Crippen molar-refractivity contribution in [3.8, 4) is 0 Å². The lowest BCUT2D eigenvalue weighted by Gasteiger charge is -2.08. The average molecular weight is 272 g/mol. The summed E-state index contributed by atoms with van der Waals surface area (Å²) < 4.78 is 36.4. The zero-order valence-electron chi connectivity index (χ0n) is 9.97. The Morgan fingerprint density at radius 3 is 2.18 bits per heavy atom. The molecule has 0 atom stereocenters. The highest BCUT2D eigenvalue weighted by molar-refractivity contribution is 5.85. The van der Waals surface area contributed by atoms with Crippen LogP contribution in [0.4, 0.5) is 18.9 Å². The number of anilines is 1. The molecule has 6 heteroatoms. The minimum Gasteiger partial charge on any atom is -0.279 e. The fourth-order valence-electron chi connectivity index (χ4n) is 0.877. The van der Waals surface area contributed by atoms with E-state index in [9.17, 15) is 13.2 Å². The largest absolute Gasteiger partial charge is 0.416 e. The highest BCUT2D eigenvalue weighted by Gasteiger charge is 2.30. The molecule has 1 rings (SSSR count). The summed E-state index contributed by atoms with van der Waals surface area (Å²) in [5.74, 6) is 0. The van der Waals surface area contributed by atoms with Crippen molar-refractivity contribution >= 4 is 18.1 Å². The molecule has 0 radical (unpaired) electrons. The van der Waals surface area contributed by atoms with E-state index in [1.54, 1.807) is 0 Å². The molecule has 1 N–H and O–H groups in total. The molecule has 2 nitrogen and oxygen atoms in total. The van der Waals surface area contributed by atoms with Gasteiger partial charge in [0.2, 0.25) is 0 Å². The molecule has 0 aromatic heterocycles. The normalized spacial score (nSPS) is 9.76. The molecular weight excluding hydrogens is 255 g/mol. The van der Waals surface area contributed by atoms with E-state index in [0.717, 1.165) is 12.1 Å². The third kappa shape index (κ3) is 7.88. The second-order valence-electron chi connectivity index (χ2n) is 3.09. The molecule has 100 valence electrons. The molecule has 1 aromatic rings. The monoisotopic (exact) mass is 271 g/mol. The van der Waals surface area contributed by atoms with Gasteiger partial charge in [-0.2, -0.15) is 13.2 Å². The average Bonchev–Trinajstić information content (AvgIpc) is 2.18. The highest BCUT2D eigenvalue weighted by Crippen LogP contribution is 2.30. The zero-order chi connectivity index (χ0) is 12.6. The van der Waals surface area contributed by atoms with Crippen LogP contribution in [0.2, 0.25) is 0 Å². The Hall–Kier alpha value is -0.940.